The number of hydrogen-bond acceptors (Lipinski definition) is 4. The molecular weight excluding hydrogens is 257 g/mol. The molecule has 6 heteroatoms. The van der Waals surface area contributed by atoms with Crippen LogP contribution in [0.15, 0.2) is 0 Å². The SMILES string of the molecule is O=C(NC1C2CCCCC21)[C@@H]1CC[C@H](C(=O)[O-])O1.[Na+]. The Morgan fingerprint density at radius 2 is 1.58 bits per heavy atom. The van der Waals surface area contributed by atoms with Crippen molar-refractivity contribution < 1.29 is 49.0 Å². The van der Waals surface area contributed by atoms with E-state index < -0.39 is 18.2 Å². The Bertz CT molecular complexity index is 364. The van der Waals surface area contributed by atoms with Gasteiger partial charge in [-0.15, -0.1) is 0 Å². The van der Waals surface area contributed by atoms with Crippen molar-refractivity contribution in [2.24, 2.45) is 11.8 Å². The van der Waals surface area contributed by atoms with Crippen LogP contribution in [0.1, 0.15) is 38.5 Å². The van der Waals surface area contributed by atoms with E-state index in [2.05, 4.69) is 5.32 Å². The minimum Gasteiger partial charge on any atom is -0.547 e. The van der Waals surface area contributed by atoms with Crippen molar-refractivity contribution in [3.63, 3.8) is 0 Å². The van der Waals surface area contributed by atoms with Crippen molar-refractivity contribution in [1.82, 2.24) is 5.32 Å². The van der Waals surface area contributed by atoms with Crippen LogP contribution < -0.4 is 40.0 Å². The summed E-state index contributed by atoms with van der Waals surface area (Å²) in [6, 6.07) is 0.311. The van der Waals surface area contributed by atoms with E-state index in [1.165, 1.54) is 25.7 Å². The van der Waals surface area contributed by atoms with Crippen molar-refractivity contribution in [2.75, 3.05) is 0 Å². The summed E-state index contributed by atoms with van der Waals surface area (Å²) in [6.07, 6.45) is 4.29. The first-order valence-corrected chi connectivity index (χ1v) is 6.83. The van der Waals surface area contributed by atoms with Gasteiger partial charge in [-0.3, -0.25) is 4.79 Å². The molecule has 3 aliphatic rings. The fourth-order valence-electron chi connectivity index (χ4n) is 3.47. The third kappa shape index (κ3) is 3.15. The number of ether oxygens (including phenoxy) is 1. The Hall–Kier alpha value is -0.100. The van der Waals surface area contributed by atoms with Crippen molar-refractivity contribution in [1.29, 1.82) is 0 Å². The standard InChI is InChI=1S/C13H19NO4.Na/c15-12(9-5-6-10(18-9)13(16)17)14-11-7-3-1-2-4-8(7)11;/h7-11H,1-6H2,(H,14,15)(H,16,17);/q;+1/p-1/t7?,8?,9-,10+,11?;/m0./s1. The molecule has 5 nitrogen and oxygen atoms in total. The summed E-state index contributed by atoms with van der Waals surface area (Å²) in [7, 11) is 0. The predicted octanol–water partition coefficient (Wildman–Crippen LogP) is -3.41. The largest absolute Gasteiger partial charge is 1.00 e. The van der Waals surface area contributed by atoms with Gasteiger partial charge in [0, 0.05) is 6.04 Å². The van der Waals surface area contributed by atoms with E-state index in [0.717, 1.165) is 0 Å². The van der Waals surface area contributed by atoms with Gasteiger partial charge in [0.05, 0.1) is 12.1 Å². The Balaban J connectivity index is 0.00000133. The zero-order valence-corrected chi connectivity index (χ0v) is 13.3. The van der Waals surface area contributed by atoms with Gasteiger partial charge in [0.2, 0.25) is 5.91 Å². The van der Waals surface area contributed by atoms with Gasteiger partial charge in [0.1, 0.15) is 6.10 Å². The first-order valence-electron chi connectivity index (χ1n) is 6.83. The van der Waals surface area contributed by atoms with Gasteiger partial charge in [-0.05, 0) is 37.5 Å². The molecule has 4 atom stereocenters. The summed E-state index contributed by atoms with van der Waals surface area (Å²) in [6.45, 7) is 0. The first-order chi connectivity index (χ1) is 8.66. The zero-order valence-electron chi connectivity index (χ0n) is 11.3. The molecule has 1 aliphatic heterocycles. The van der Waals surface area contributed by atoms with Crippen LogP contribution in [0.5, 0.6) is 0 Å². The normalized spacial score (nSPS) is 39.9. The maximum atomic E-state index is 12.0. The van der Waals surface area contributed by atoms with Crippen LogP contribution in [0.2, 0.25) is 0 Å². The summed E-state index contributed by atoms with van der Waals surface area (Å²) in [5.41, 5.74) is 0. The molecular formula is C13H18NNaO4. The number of hydrogen-bond donors (Lipinski definition) is 1. The van der Waals surface area contributed by atoms with Gasteiger partial charge in [0.15, 0.2) is 0 Å². The summed E-state index contributed by atoms with van der Waals surface area (Å²) in [5.74, 6) is -0.0503. The third-order valence-electron chi connectivity index (χ3n) is 4.54. The minimum atomic E-state index is -1.22. The fourth-order valence-corrected chi connectivity index (χ4v) is 3.47. The van der Waals surface area contributed by atoms with E-state index in [0.29, 0.717) is 30.7 Å². The van der Waals surface area contributed by atoms with Crippen LogP contribution in [0.25, 0.3) is 0 Å². The number of rotatable bonds is 3. The fraction of sp³-hybridized carbons (Fsp3) is 0.846. The number of amides is 1. The monoisotopic (exact) mass is 275 g/mol. The van der Waals surface area contributed by atoms with Crippen molar-refractivity contribution in [2.45, 2.75) is 56.8 Å². The van der Waals surface area contributed by atoms with Crippen LogP contribution in [-0.2, 0) is 14.3 Å². The van der Waals surface area contributed by atoms with Gasteiger partial charge in [-0.1, -0.05) is 12.8 Å². The summed E-state index contributed by atoms with van der Waals surface area (Å²) >= 11 is 0. The molecule has 1 heterocycles. The quantitative estimate of drug-likeness (QED) is 0.544. The molecule has 0 aromatic heterocycles. The maximum absolute atomic E-state index is 12.0. The molecule has 3 rings (SSSR count). The van der Waals surface area contributed by atoms with Gasteiger partial charge >= 0.3 is 29.6 Å². The average molecular weight is 275 g/mol. The molecule has 2 saturated carbocycles. The van der Waals surface area contributed by atoms with Crippen LogP contribution >= 0.6 is 0 Å². The molecule has 0 bridgehead atoms. The van der Waals surface area contributed by atoms with Gasteiger partial charge < -0.3 is 20.0 Å². The molecule has 0 aromatic carbocycles. The molecule has 0 aromatic rings. The van der Waals surface area contributed by atoms with Crippen molar-refractivity contribution in [3.05, 3.63) is 0 Å². The summed E-state index contributed by atoms with van der Waals surface area (Å²) in [5, 5.41) is 13.7. The van der Waals surface area contributed by atoms with Crippen LogP contribution in [0.4, 0.5) is 0 Å². The van der Waals surface area contributed by atoms with E-state index in [9.17, 15) is 14.7 Å². The second kappa shape index (κ2) is 6.12. The Kier molecular flexibility index (Phi) is 4.93. The third-order valence-corrected chi connectivity index (χ3v) is 4.54. The number of carbonyl (C=O) groups excluding carboxylic acids is 2. The topological polar surface area (TPSA) is 78.5 Å². The molecule has 1 N–H and O–H groups in total. The minimum absolute atomic E-state index is 0. The number of nitrogens with one attached hydrogen (secondary N) is 1. The molecule has 3 fully saturated rings. The molecule has 2 unspecified atom stereocenters. The van der Waals surface area contributed by atoms with Gasteiger partial charge in [0.25, 0.3) is 0 Å². The summed E-state index contributed by atoms with van der Waals surface area (Å²) in [4.78, 5) is 22.6. The number of fused-ring (bicyclic) bond motifs is 1. The zero-order chi connectivity index (χ0) is 12.7. The molecule has 0 spiro atoms. The van der Waals surface area contributed by atoms with Gasteiger partial charge in [-0.25, -0.2) is 0 Å². The second-order valence-corrected chi connectivity index (χ2v) is 5.66. The van der Waals surface area contributed by atoms with Crippen molar-refractivity contribution in [3.8, 4) is 0 Å². The average Bonchev–Trinajstić information content (AvgIpc) is 2.85. The van der Waals surface area contributed by atoms with E-state index in [1.807, 2.05) is 0 Å². The molecule has 100 valence electrons. The van der Waals surface area contributed by atoms with E-state index >= 15 is 0 Å². The smallest absolute Gasteiger partial charge is 0.547 e. The van der Waals surface area contributed by atoms with E-state index in [4.69, 9.17) is 4.74 Å². The Labute approximate surface area is 134 Å². The predicted molar refractivity (Wildman–Crippen MR) is 60.3 cm³/mol. The maximum Gasteiger partial charge on any atom is 1.00 e. The molecule has 1 saturated heterocycles. The molecule has 2 aliphatic carbocycles. The molecule has 19 heavy (non-hydrogen) atoms. The van der Waals surface area contributed by atoms with Crippen LogP contribution in [-0.4, -0.2) is 30.1 Å². The number of carboxylic acids is 1. The molecule has 1 amide bonds. The number of carbonyl (C=O) groups is 2. The van der Waals surface area contributed by atoms with Gasteiger partial charge in [-0.2, -0.15) is 0 Å². The summed E-state index contributed by atoms with van der Waals surface area (Å²) < 4.78 is 5.19. The number of carboxylic acid groups (broad SMARTS) is 1. The first kappa shape index (κ1) is 15.3. The van der Waals surface area contributed by atoms with E-state index in [-0.39, 0.29) is 35.5 Å². The molecule has 0 radical (unpaired) electrons. The van der Waals surface area contributed by atoms with Crippen LogP contribution in [0.3, 0.4) is 0 Å². The Morgan fingerprint density at radius 1 is 1.00 bits per heavy atom. The van der Waals surface area contributed by atoms with Crippen LogP contribution in [0, 0.1) is 11.8 Å². The number of aliphatic carboxylic acids is 1. The second-order valence-electron chi connectivity index (χ2n) is 5.66. The van der Waals surface area contributed by atoms with Crippen molar-refractivity contribution >= 4 is 11.9 Å². The van der Waals surface area contributed by atoms with E-state index in [1.54, 1.807) is 0 Å². The Morgan fingerprint density at radius 3 is 2.11 bits per heavy atom.